The minimum atomic E-state index is -0.469. The molecule has 0 bridgehead atoms. The lowest BCUT2D eigenvalue weighted by atomic mass is 9.97. The molecule has 6 heteroatoms. The summed E-state index contributed by atoms with van der Waals surface area (Å²) in [7, 11) is 0. The van der Waals surface area contributed by atoms with E-state index in [0.717, 1.165) is 38.0 Å². The molecule has 0 saturated carbocycles. The summed E-state index contributed by atoms with van der Waals surface area (Å²) in [5.41, 5.74) is 1.02. The largest absolute Gasteiger partial charge is 0.466 e. The number of rotatable bonds is 7. The first-order valence-electron chi connectivity index (χ1n) is 8.59. The fourth-order valence-electron chi connectivity index (χ4n) is 2.86. The molecule has 1 fully saturated rings. The summed E-state index contributed by atoms with van der Waals surface area (Å²) < 4.78 is 5.08. The summed E-state index contributed by atoms with van der Waals surface area (Å²) in [5.74, 6) is -0.0287. The second kappa shape index (κ2) is 11.5. The molecule has 1 unspecified atom stereocenters. The summed E-state index contributed by atoms with van der Waals surface area (Å²) in [6.07, 6.45) is 5.63. The Hall–Kier alpha value is -1.07. The van der Waals surface area contributed by atoms with Crippen LogP contribution in [0.5, 0.6) is 0 Å². The monoisotopic (exact) mass is 387 g/mol. The zero-order valence-corrected chi connectivity index (χ0v) is 16.1. The zero-order chi connectivity index (χ0) is 17.4. The molecule has 0 radical (unpaired) electrons. The molecular formula is C19H27Cl2NO3. The van der Waals surface area contributed by atoms with Gasteiger partial charge < -0.3 is 14.7 Å². The Kier molecular flexibility index (Phi) is 10.1. The lowest BCUT2D eigenvalue weighted by molar-refractivity contribution is -0.149. The summed E-state index contributed by atoms with van der Waals surface area (Å²) >= 11 is 5.85. The third kappa shape index (κ3) is 7.78. The molecule has 1 saturated heterocycles. The summed E-state index contributed by atoms with van der Waals surface area (Å²) in [6, 6.07) is 7.51. The lowest BCUT2D eigenvalue weighted by Crippen LogP contribution is -2.38. The average molecular weight is 388 g/mol. The number of aliphatic hydroxyl groups excluding tert-OH is 1. The van der Waals surface area contributed by atoms with Crippen LogP contribution >= 0.6 is 24.0 Å². The smallest absolute Gasteiger partial charge is 0.309 e. The number of ether oxygens (including phenoxy) is 1. The van der Waals surface area contributed by atoms with Crippen molar-refractivity contribution in [3.05, 3.63) is 40.9 Å². The van der Waals surface area contributed by atoms with Gasteiger partial charge in [-0.15, -0.1) is 12.4 Å². The van der Waals surface area contributed by atoms with Crippen LogP contribution in [0.2, 0.25) is 5.02 Å². The van der Waals surface area contributed by atoms with Crippen LogP contribution in [-0.2, 0) is 9.53 Å². The highest BCUT2D eigenvalue weighted by atomic mass is 35.5. The molecule has 1 aliphatic rings. The SMILES string of the molecule is CCOC(=O)C1CCN(CCC(O)/C=C/c2ccc(Cl)cc2)CC1.Cl. The molecule has 0 spiro atoms. The van der Waals surface area contributed by atoms with Crippen molar-refractivity contribution in [1.29, 1.82) is 0 Å². The molecule has 1 aromatic rings. The fourth-order valence-corrected chi connectivity index (χ4v) is 2.99. The number of aliphatic hydroxyl groups is 1. The second-order valence-electron chi connectivity index (χ2n) is 6.13. The Morgan fingerprint density at radius 2 is 2.00 bits per heavy atom. The van der Waals surface area contributed by atoms with Crippen molar-refractivity contribution in [3.8, 4) is 0 Å². The number of esters is 1. The first kappa shape index (κ1) is 22.0. The van der Waals surface area contributed by atoms with Crippen LogP contribution in [0, 0.1) is 5.92 Å². The lowest BCUT2D eigenvalue weighted by Gasteiger charge is -2.31. The number of hydrogen-bond donors (Lipinski definition) is 1. The first-order chi connectivity index (χ1) is 11.6. The molecule has 1 aliphatic heterocycles. The van der Waals surface area contributed by atoms with Gasteiger partial charge in [-0.1, -0.05) is 35.9 Å². The van der Waals surface area contributed by atoms with E-state index in [1.807, 2.05) is 43.3 Å². The minimum absolute atomic E-state index is 0. The average Bonchev–Trinajstić information content (AvgIpc) is 2.60. The number of carbonyl (C=O) groups excluding carboxylic acids is 1. The van der Waals surface area contributed by atoms with Gasteiger partial charge in [0.1, 0.15) is 0 Å². The molecule has 0 aromatic heterocycles. The van der Waals surface area contributed by atoms with Gasteiger partial charge in [-0.2, -0.15) is 0 Å². The standard InChI is InChI=1S/C19H26ClNO3.ClH/c1-2-24-19(23)16-9-12-21(13-10-16)14-11-18(22)8-5-15-3-6-17(20)7-4-15;/h3-8,16,18,22H,2,9-14H2,1H3;1H/b8-5+;. The van der Waals surface area contributed by atoms with Crippen molar-refractivity contribution in [2.75, 3.05) is 26.2 Å². The summed E-state index contributed by atoms with van der Waals surface area (Å²) in [5, 5.41) is 10.8. The van der Waals surface area contributed by atoms with Gasteiger partial charge in [-0.3, -0.25) is 4.79 Å². The maximum atomic E-state index is 11.7. The van der Waals surface area contributed by atoms with Crippen molar-refractivity contribution in [2.24, 2.45) is 5.92 Å². The normalized spacial score (nSPS) is 17.2. The number of likely N-dealkylation sites (tertiary alicyclic amines) is 1. The molecule has 1 aromatic carbocycles. The van der Waals surface area contributed by atoms with Gasteiger partial charge in [-0.25, -0.2) is 0 Å². The van der Waals surface area contributed by atoms with E-state index >= 15 is 0 Å². The quantitative estimate of drug-likeness (QED) is 0.722. The van der Waals surface area contributed by atoms with E-state index in [1.54, 1.807) is 0 Å². The van der Waals surface area contributed by atoms with Gasteiger partial charge in [0, 0.05) is 11.6 Å². The molecule has 0 amide bonds. The van der Waals surface area contributed by atoms with Crippen LogP contribution in [0.3, 0.4) is 0 Å². The van der Waals surface area contributed by atoms with E-state index in [9.17, 15) is 9.90 Å². The van der Waals surface area contributed by atoms with Crippen LogP contribution in [0.1, 0.15) is 31.7 Å². The second-order valence-corrected chi connectivity index (χ2v) is 6.57. The van der Waals surface area contributed by atoms with E-state index in [-0.39, 0.29) is 24.3 Å². The molecule has 140 valence electrons. The highest BCUT2D eigenvalue weighted by molar-refractivity contribution is 6.30. The van der Waals surface area contributed by atoms with Crippen LogP contribution in [0.4, 0.5) is 0 Å². The topological polar surface area (TPSA) is 49.8 Å². The summed E-state index contributed by atoms with van der Waals surface area (Å²) in [6.45, 7) is 4.90. The number of nitrogens with zero attached hydrogens (tertiary/aromatic N) is 1. The molecule has 1 atom stereocenters. The van der Waals surface area contributed by atoms with E-state index in [4.69, 9.17) is 16.3 Å². The molecule has 2 rings (SSSR count). The van der Waals surface area contributed by atoms with Crippen molar-refractivity contribution in [1.82, 2.24) is 4.90 Å². The van der Waals surface area contributed by atoms with E-state index in [2.05, 4.69) is 4.90 Å². The van der Waals surface area contributed by atoms with Crippen LogP contribution < -0.4 is 0 Å². The number of halogens is 2. The zero-order valence-electron chi connectivity index (χ0n) is 14.6. The molecular weight excluding hydrogens is 361 g/mol. The number of carbonyl (C=O) groups is 1. The van der Waals surface area contributed by atoms with Crippen LogP contribution in [0.25, 0.3) is 6.08 Å². The molecule has 25 heavy (non-hydrogen) atoms. The Balaban J connectivity index is 0.00000312. The van der Waals surface area contributed by atoms with Crippen molar-refractivity contribution in [3.63, 3.8) is 0 Å². The Morgan fingerprint density at radius 1 is 1.36 bits per heavy atom. The van der Waals surface area contributed by atoms with Crippen molar-refractivity contribution in [2.45, 2.75) is 32.3 Å². The number of piperidine rings is 1. The number of benzene rings is 1. The molecule has 0 aliphatic carbocycles. The maximum Gasteiger partial charge on any atom is 0.309 e. The summed E-state index contributed by atoms with van der Waals surface area (Å²) in [4.78, 5) is 14.0. The van der Waals surface area contributed by atoms with Crippen LogP contribution in [0.15, 0.2) is 30.3 Å². The Bertz CT molecular complexity index is 540. The van der Waals surface area contributed by atoms with Crippen LogP contribution in [-0.4, -0.2) is 48.3 Å². The highest BCUT2D eigenvalue weighted by Crippen LogP contribution is 2.19. The van der Waals surface area contributed by atoms with Crippen molar-refractivity contribution >= 4 is 36.1 Å². The van der Waals surface area contributed by atoms with Gasteiger partial charge in [0.25, 0.3) is 0 Å². The molecule has 1 N–H and O–H groups in total. The van der Waals surface area contributed by atoms with Crippen molar-refractivity contribution < 1.29 is 14.6 Å². The van der Waals surface area contributed by atoms with E-state index in [1.165, 1.54) is 0 Å². The first-order valence-corrected chi connectivity index (χ1v) is 8.97. The molecule has 4 nitrogen and oxygen atoms in total. The Morgan fingerprint density at radius 3 is 2.60 bits per heavy atom. The van der Waals surface area contributed by atoms with Gasteiger partial charge in [-0.05, 0) is 57.0 Å². The fraction of sp³-hybridized carbons (Fsp3) is 0.526. The Labute approximate surface area is 161 Å². The van der Waals surface area contributed by atoms with E-state index in [0.29, 0.717) is 18.1 Å². The maximum absolute atomic E-state index is 11.7. The molecule has 1 heterocycles. The van der Waals surface area contributed by atoms with Gasteiger partial charge in [0.05, 0.1) is 18.6 Å². The number of hydrogen-bond acceptors (Lipinski definition) is 4. The predicted octanol–water partition coefficient (Wildman–Crippen LogP) is 3.80. The third-order valence-electron chi connectivity index (χ3n) is 4.33. The van der Waals surface area contributed by atoms with E-state index < -0.39 is 6.10 Å². The third-order valence-corrected chi connectivity index (χ3v) is 4.58. The van der Waals surface area contributed by atoms with Gasteiger partial charge in [0.15, 0.2) is 0 Å². The van der Waals surface area contributed by atoms with Gasteiger partial charge >= 0.3 is 5.97 Å². The highest BCUT2D eigenvalue weighted by Gasteiger charge is 2.25. The van der Waals surface area contributed by atoms with Gasteiger partial charge in [0.2, 0.25) is 0 Å². The predicted molar refractivity (Wildman–Crippen MR) is 104 cm³/mol. The minimum Gasteiger partial charge on any atom is -0.466 e.